The van der Waals surface area contributed by atoms with E-state index in [0.717, 1.165) is 19.3 Å². The topological polar surface area (TPSA) is 72.4 Å². The Morgan fingerprint density at radius 1 is 1.21 bits per heavy atom. The number of aromatic nitrogens is 1. The van der Waals surface area contributed by atoms with Crippen LogP contribution < -0.4 is 10.6 Å². The summed E-state index contributed by atoms with van der Waals surface area (Å²) in [5.74, 6) is 0.269. The molecular formula is C22H37N3O3. The maximum atomic E-state index is 12.7. The lowest BCUT2D eigenvalue weighted by atomic mass is 9.89. The third-order valence-electron chi connectivity index (χ3n) is 5.55. The van der Waals surface area contributed by atoms with Crippen molar-refractivity contribution in [2.45, 2.75) is 97.0 Å². The first-order valence-corrected chi connectivity index (χ1v) is 10.5. The van der Waals surface area contributed by atoms with Crippen molar-refractivity contribution < 1.29 is 14.3 Å². The highest BCUT2D eigenvalue weighted by atomic mass is 16.6. The zero-order valence-electron chi connectivity index (χ0n) is 18.2. The van der Waals surface area contributed by atoms with Gasteiger partial charge >= 0.3 is 5.97 Å². The zero-order valence-corrected chi connectivity index (χ0v) is 18.2. The van der Waals surface area contributed by atoms with Crippen molar-refractivity contribution in [1.29, 1.82) is 0 Å². The fourth-order valence-electron chi connectivity index (χ4n) is 4.13. The van der Waals surface area contributed by atoms with Crippen molar-refractivity contribution in [2.24, 2.45) is 5.92 Å². The molecule has 1 fully saturated rings. The van der Waals surface area contributed by atoms with Gasteiger partial charge in [0.05, 0.1) is 6.04 Å². The van der Waals surface area contributed by atoms with Gasteiger partial charge in [0.15, 0.2) is 0 Å². The van der Waals surface area contributed by atoms with Crippen molar-refractivity contribution in [1.82, 2.24) is 15.2 Å². The molecule has 4 atom stereocenters. The maximum Gasteiger partial charge on any atom is 0.323 e. The fraction of sp³-hybridized carbons (Fsp3) is 0.727. The van der Waals surface area contributed by atoms with Crippen LogP contribution in [0.25, 0.3) is 0 Å². The summed E-state index contributed by atoms with van der Waals surface area (Å²) in [6, 6.07) is 3.61. The highest BCUT2D eigenvalue weighted by Crippen LogP contribution is 2.32. The molecule has 158 valence electrons. The van der Waals surface area contributed by atoms with Crippen LogP contribution in [-0.2, 0) is 14.3 Å². The van der Waals surface area contributed by atoms with Crippen LogP contribution >= 0.6 is 0 Å². The predicted octanol–water partition coefficient (Wildman–Crippen LogP) is 3.43. The average Bonchev–Trinajstić information content (AvgIpc) is 3.25. The molecule has 1 aliphatic heterocycles. The standard InChI is InChI=1S/C22H37N3O3/c1-7-16(8-2)13-17(23-15(3)26)20-19(25-11-9-10-12-25)14-18(24-20)21(27)28-22(4,5)6/h9-12,16-20,24H,7-8,13-14H2,1-6H3,(H,23,26)/t17-,18+,19+,20-/m0/s1. The van der Waals surface area contributed by atoms with Crippen molar-refractivity contribution in [3.63, 3.8) is 0 Å². The first-order valence-electron chi connectivity index (χ1n) is 10.5. The Balaban J connectivity index is 2.26. The second-order valence-electron chi connectivity index (χ2n) is 8.94. The Bertz CT molecular complexity index is 632. The first-order chi connectivity index (χ1) is 13.1. The van der Waals surface area contributed by atoms with Gasteiger partial charge in [-0.25, -0.2) is 0 Å². The molecule has 1 amide bonds. The van der Waals surface area contributed by atoms with Gasteiger partial charge < -0.3 is 14.6 Å². The molecule has 2 N–H and O–H groups in total. The van der Waals surface area contributed by atoms with Crippen molar-refractivity contribution in [2.75, 3.05) is 0 Å². The van der Waals surface area contributed by atoms with E-state index in [0.29, 0.717) is 12.3 Å². The van der Waals surface area contributed by atoms with Gasteiger partial charge in [-0.3, -0.25) is 14.9 Å². The Morgan fingerprint density at radius 2 is 1.82 bits per heavy atom. The minimum atomic E-state index is -0.521. The second-order valence-corrected chi connectivity index (χ2v) is 8.94. The number of carbonyl (C=O) groups is 2. The van der Waals surface area contributed by atoms with Gasteiger partial charge in [0.25, 0.3) is 0 Å². The number of esters is 1. The summed E-state index contributed by atoms with van der Waals surface area (Å²) in [4.78, 5) is 24.6. The molecule has 1 saturated heterocycles. The summed E-state index contributed by atoms with van der Waals surface area (Å²) in [6.45, 7) is 11.6. The lowest BCUT2D eigenvalue weighted by Crippen LogP contribution is -2.52. The first kappa shape index (κ1) is 22.5. The molecule has 6 heteroatoms. The van der Waals surface area contributed by atoms with E-state index in [2.05, 4.69) is 29.0 Å². The van der Waals surface area contributed by atoms with Gasteiger partial charge in [0, 0.05) is 31.4 Å². The molecule has 6 nitrogen and oxygen atoms in total. The van der Waals surface area contributed by atoms with Gasteiger partial charge in [-0.15, -0.1) is 0 Å². The van der Waals surface area contributed by atoms with Crippen LogP contribution in [0, 0.1) is 5.92 Å². The third kappa shape index (κ3) is 6.09. The summed E-state index contributed by atoms with van der Waals surface area (Å²) in [7, 11) is 0. The van der Waals surface area contributed by atoms with E-state index in [1.54, 1.807) is 6.92 Å². The molecule has 2 rings (SSSR count). The molecule has 0 saturated carbocycles. The SMILES string of the molecule is CCC(CC)C[C@H](NC(C)=O)[C@@H]1N[C@@H](C(=O)OC(C)(C)C)C[C@H]1n1cccc1. The number of nitrogens with one attached hydrogen (secondary N) is 2. The van der Waals surface area contributed by atoms with E-state index >= 15 is 0 Å². The van der Waals surface area contributed by atoms with E-state index in [4.69, 9.17) is 4.74 Å². The van der Waals surface area contributed by atoms with Crippen LogP contribution in [0.5, 0.6) is 0 Å². The van der Waals surface area contributed by atoms with Crippen LogP contribution in [0.3, 0.4) is 0 Å². The summed E-state index contributed by atoms with van der Waals surface area (Å²) in [6.07, 6.45) is 7.74. The van der Waals surface area contributed by atoms with Crippen LogP contribution in [0.4, 0.5) is 0 Å². The van der Waals surface area contributed by atoms with E-state index < -0.39 is 5.60 Å². The largest absolute Gasteiger partial charge is 0.459 e. The molecule has 0 radical (unpaired) electrons. The Kier molecular flexibility index (Phi) is 7.70. The van der Waals surface area contributed by atoms with E-state index in [-0.39, 0.29) is 36.0 Å². The Labute approximate surface area is 169 Å². The number of ether oxygens (including phenoxy) is 1. The summed E-state index contributed by atoms with van der Waals surface area (Å²) in [5, 5.41) is 6.65. The molecule has 1 aliphatic rings. The number of carbonyl (C=O) groups excluding carboxylic acids is 2. The van der Waals surface area contributed by atoms with Crippen LogP contribution in [0.15, 0.2) is 24.5 Å². The maximum absolute atomic E-state index is 12.7. The summed E-state index contributed by atoms with van der Waals surface area (Å²) < 4.78 is 7.76. The second kappa shape index (κ2) is 9.59. The van der Waals surface area contributed by atoms with Gasteiger partial charge in [-0.1, -0.05) is 26.7 Å². The molecule has 0 aliphatic carbocycles. The quantitative estimate of drug-likeness (QED) is 0.666. The molecule has 0 spiro atoms. The monoisotopic (exact) mass is 391 g/mol. The van der Waals surface area contributed by atoms with Crippen LogP contribution in [0.1, 0.15) is 73.3 Å². The molecule has 0 unspecified atom stereocenters. The van der Waals surface area contributed by atoms with Gasteiger partial charge in [-0.2, -0.15) is 0 Å². The minimum Gasteiger partial charge on any atom is -0.459 e. The van der Waals surface area contributed by atoms with Crippen molar-refractivity contribution in [3.8, 4) is 0 Å². The Morgan fingerprint density at radius 3 is 2.32 bits per heavy atom. The molecule has 28 heavy (non-hydrogen) atoms. The number of nitrogens with zero attached hydrogens (tertiary/aromatic N) is 1. The number of amides is 1. The molecule has 2 heterocycles. The lowest BCUT2D eigenvalue weighted by Gasteiger charge is -2.32. The molecule has 1 aromatic rings. The molecule has 0 aromatic carbocycles. The average molecular weight is 392 g/mol. The van der Waals surface area contributed by atoms with Gasteiger partial charge in [0.1, 0.15) is 11.6 Å². The normalized spacial score (nSPS) is 23.6. The molecule has 0 bridgehead atoms. The highest BCUT2D eigenvalue weighted by Gasteiger charge is 2.43. The number of rotatable bonds is 8. The third-order valence-corrected chi connectivity index (χ3v) is 5.55. The summed E-state index contributed by atoms with van der Waals surface area (Å²) >= 11 is 0. The number of hydrogen-bond donors (Lipinski definition) is 2. The summed E-state index contributed by atoms with van der Waals surface area (Å²) in [5.41, 5.74) is -0.521. The Hall–Kier alpha value is -1.82. The predicted molar refractivity (Wildman–Crippen MR) is 111 cm³/mol. The van der Waals surface area contributed by atoms with Crippen molar-refractivity contribution in [3.05, 3.63) is 24.5 Å². The van der Waals surface area contributed by atoms with Gasteiger partial charge in [-0.05, 0) is 51.7 Å². The smallest absolute Gasteiger partial charge is 0.323 e. The minimum absolute atomic E-state index is 0.0329. The fourth-order valence-corrected chi connectivity index (χ4v) is 4.13. The lowest BCUT2D eigenvalue weighted by molar-refractivity contribution is -0.157. The molecular weight excluding hydrogens is 354 g/mol. The van der Waals surface area contributed by atoms with Crippen LogP contribution in [-0.4, -0.2) is 40.2 Å². The van der Waals surface area contributed by atoms with E-state index in [9.17, 15) is 9.59 Å². The zero-order chi connectivity index (χ0) is 20.9. The van der Waals surface area contributed by atoms with Crippen molar-refractivity contribution >= 4 is 11.9 Å². The van der Waals surface area contributed by atoms with E-state index in [1.807, 2.05) is 45.3 Å². The highest BCUT2D eigenvalue weighted by molar-refractivity contribution is 5.77. The van der Waals surface area contributed by atoms with E-state index in [1.165, 1.54) is 0 Å². The van der Waals surface area contributed by atoms with Gasteiger partial charge in [0.2, 0.25) is 5.91 Å². The van der Waals surface area contributed by atoms with Crippen LogP contribution in [0.2, 0.25) is 0 Å². The number of hydrogen-bond acceptors (Lipinski definition) is 4. The molecule has 1 aromatic heterocycles.